The molecular weight excluding hydrogens is 450 g/mol. The second-order valence-corrected chi connectivity index (χ2v) is 10.0. The van der Waals surface area contributed by atoms with Crippen molar-refractivity contribution in [2.45, 2.75) is 45.6 Å². The molecule has 1 aromatic carbocycles. The number of thiophene rings is 1. The SMILES string of the molecule is CCc1cc(=O)oc2cc(Oc3nc(CN4CCOCC4)nc4sc5c(c34)CCCC5)ccc12. The number of aromatic nitrogens is 2. The lowest BCUT2D eigenvalue weighted by molar-refractivity contribution is 0.0330. The largest absolute Gasteiger partial charge is 0.438 e. The molecule has 0 amide bonds. The summed E-state index contributed by atoms with van der Waals surface area (Å²) in [7, 11) is 0. The Balaban J connectivity index is 1.43. The summed E-state index contributed by atoms with van der Waals surface area (Å²) in [6, 6.07) is 7.25. The summed E-state index contributed by atoms with van der Waals surface area (Å²) in [5.74, 6) is 1.97. The van der Waals surface area contributed by atoms with Crippen molar-refractivity contribution in [3.63, 3.8) is 0 Å². The average molecular weight is 478 g/mol. The summed E-state index contributed by atoms with van der Waals surface area (Å²) in [4.78, 5) is 26.6. The third-order valence-electron chi connectivity index (χ3n) is 6.69. The Hall–Kier alpha value is -2.81. The number of benzene rings is 1. The summed E-state index contributed by atoms with van der Waals surface area (Å²) in [5.41, 5.74) is 2.50. The van der Waals surface area contributed by atoms with Gasteiger partial charge >= 0.3 is 5.63 Å². The third-order valence-corrected chi connectivity index (χ3v) is 7.88. The quantitative estimate of drug-likeness (QED) is 0.380. The number of ether oxygens (including phenoxy) is 2. The minimum atomic E-state index is -0.342. The van der Waals surface area contributed by atoms with Crippen LogP contribution in [0.15, 0.2) is 33.5 Å². The van der Waals surface area contributed by atoms with E-state index in [1.54, 1.807) is 23.5 Å². The van der Waals surface area contributed by atoms with Crippen molar-refractivity contribution in [2.24, 2.45) is 0 Å². The van der Waals surface area contributed by atoms with Gasteiger partial charge in [-0.05, 0) is 55.4 Å². The molecule has 1 fully saturated rings. The lowest BCUT2D eigenvalue weighted by Crippen LogP contribution is -2.36. The van der Waals surface area contributed by atoms with Crippen LogP contribution < -0.4 is 10.4 Å². The molecule has 0 atom stereocenters. The van der Waals surface area contributed by atoms with Crippen molar-refractivity contribution in [1.82, 2.24) is 14.9 Å². The molecule has 1 aliphatic heterocycles. The Morgan fingerprint density at radius 2 is 1.97 bits per heavy atom. The van der Waals surface area contributed by atoms with E-state index in [1.165, 1.54) is 23.3 Å². The fourth-order valence-corrected chi connectivity index (χ4v) is 6.22. The minimum Gasteiger partial charge on any atom is -0.438 e. The fourth-order valence-electron chi connectivity index (χ4n) is 4.95. The maximum absolute atomic E-state index is 12.0. The van der Waals surface area contributed by atoms with Gasteiger partial charge < -0.3 is 13.9 Å². The predicted molar refractivity (Wildman–Crippen MR) is 132 cm³/mol. The van der Waals surface area contributed by atoms with Crippen molar-refractivity contribution >= 4 is 32.5 Å². The molecule has 4 aromatic rings. The van der Waals surface area contributed by atoms with Crippen molar-refractivity contribution in [1.29, 1.82) is 0 Å². The highest BCUT2D eigenvalue weighted by molar-refractivity contribution is 7.18. The van der Waals surface area contributed by atoms with E-state index in [-0.39, 0.29) is 5.63 Å². The van der Waals surface area contributed by atoms with Crippen LogP contribution in [0.1, 0.15) is 41.6 Å². The highest BCUT2D eigenvalue weighted by atomic mass is 32.1. The Morgan fingerprint density at radius 1 is 1.12 bits per heavy atom. The number of fused-ring (bicyclic) bond motifs is 4. The highest BCUT2D eigenvalue weighted by Crippen LogP contribution is 2.41. The van der Waals surface area contributed by atoms with Crippen molar-refractivity contribution in [3.8, 4) is 11.6 Å². The van der Waals surface area contributed by atoms with Gasteiger partial charge in [0.25, 0.3) is 0 Å². The Kier molecular flexibility index (Phi) is 5.80. The van der Waals surface area contributed by atoms with E-state index in [0.717, 1.165) is 72.6 Å². The number of hydrogen-bond donors (Lipinski definition) is 0. The third kappa shape index (κ3) is 4.10. The van der Waals surface area contributed by atoms with Gasteiger partial charge in [-0.15, -0.1) is 11.3 Å². The zero-order chi connectivity index (χ0) is 23.1. The molecule has 0 radical (unpaired) electrons. The van der Waals surface area contributed by atoms with Gasteiger partial charge in [0.05, 0.1) is 25.1 Å². The van der Waals surface area contributed by atoms with E-state index in [1.807, 2.05) is 19.1 Å². The summed E-state index contributed by atoms with van der Waals surface area (Å²) < 4.78 is 17.4. The number of morpholine rings is 1. The van der Waals surface area contributed by atoms with E-state index in [0.29, 0.717) is 23.8 Å². The van der Waals surface area contributed by atoms with Crippen molar-refractivity contribution < 1.29 is 13.9 Å². The Bertz CT molecular complexity index is 1420. The van der Waals surface area contributed by atoms with E-state index in [2.05, 4.69) is 4.90 Å². The Morgan fingerprint density at radius 3 is 2.82 bits per heavy atom. The summed E-state index contributed by atoms with van der Waals surface area (Å²) in [5, 5.41) is 1.97. The van der Waals surface area contributed by atoms with Gasteiger partial charge in [-0.3, -0.25) is 4.90 Å². The monoisotopic (exact) mass is 477 g/mol. The van der Waals surface area contributed by atoms with Crippen LogP contribution in [-0.2, 0) is 30.5 Å². The molecule has 8 heteroatoms. The second-order valence-electron chi connectivity index (χ2n) is 8.93. The van der Waals surface area contributed by atoms with Crippen LogP contribution in [0.3, 0.4) is 0 Å². The molecule has 34 heavy (non-hydrogen) atoms. The van der Waals surface area contributed by atoms with Crippen LogP contribution in [0.5, 0.6) is 11.6 Å². The lowest BCUT2D eigenvalue weighted by Gasteiger charge is -2.25. The number of hydrogen-bond acceptors (Lipinski definition) is 8. The first-order valence-corrected chi connectivity index (χ1v) is 12.9. The second kappa shape index (κ2) is 9.09. The molecular formula is C26H27N3O4S. The van der Waals surface area contributed by atoms with Crippen LogP contribution in [0, 0.1) is 0 Å². The zero-order valence-corrected chi connectivity index (χ0v) is 20.1. The summed E-state index contributed by atoms with van der Waals surface area (Å²) >= 11 is 1.78. The van der Waals surface area contributed by atoms with Gasteiger partial charge in [-0.25, -0.2) is 9.78 Å². The van der Waals surface area contributed by atoms with Crippen molar-refractivity contribution in [2.75, 3.05) is 26.3 Å². The molecule has 176 valence electrons. The van der Waals surface area contributed by atoms with E-state index >= 15 is 0 Å². The molecule has 4 heterocycles. The normalized spacial score (nSPS) is 16.7. The number of nitrogens with zero attached hydrogens (tertiary/aromatic N) is 3. The number of aryl methyl sites for hydroxylation is 3. The van der Waals surface area contributed by atoms with E-state index in [9.17, 15) is 4.79 Å². The molecule has 2 aliphatic rings. The molecule has 1 saturated heterocycles. The van der Waals surface area contributed by atoms with Gasteiger partial charge in [0.2, 0.25) is 5.88 Å². The molecule has 6 rings (SSSR count). The maximum atomic E-state index is 12.0. The Labute approximate surface area is 201 Å². The smallest absolute Gasteiger partial charge is 0.336 e. The van der Waals surface area contributed by atoms with Crippen LogP contribution in [0.25, 0.3) is 21.2 Å². The molecule has 0 saturated carbocycles. The van der Waals surface area contributed by atoms with Gasteiger partial charge in [0.1, 0.15) is 22.0 Å². The first-order valence-electron chi connectivity index (χ1n) is 12.0. The van der Waals surface area contributed by atoms with Crippen LogP contribution in [-0.4, -0.2) is 41.2 Å². The van der Waals surface area contributed by atoms with Gasteiger partial charge in [0.15, 0.2) is 0 Å². The fraction of sp³-hybridized carbons (Fsp3) is 0.423. The molecule has 0 bridgehead atoms. The minimum absolute atomic E-state index is 0.342. The van der Waals surface area contributed by atoms with E-state index < -0.39 is 0 Å². The molecule has 1 aliphatic carbocycles. The number of rotatable bonds is 5. The molecule has 0 unspecified atom stereocenters. The van der Waals surface area contributed by atoms with Crippen molar-refractivity contribution in [3.05, 3.63) is 56.5 Å². The molecule has 0 N–H and O–H groups in total. The predicted octanol–water partition coefficient (Wildman–Crippen LogP) is 4.86. The van der Waals surface area contributed by atoms with Gasteiger partial charge in [-0.2, -0.15) is 4.98 Å². The maximum Gasteiger partial charge on any atom is 0.336 e. The molecule has 7 nitrogen and oxygen atoms in total. The van der Waals surface area contributed by atoms with Gasteiger partial charge in [-0.1, -0.05) is 6.92 Å². The molecule has 3 aromatic heterocycles. The summed E-state index contributed by atoms with van der Waals surface area (Å²) in [6.07, 6.45) is 5.28. The standard InChI is InChI=1S/C26H27N3O4S/c1-2-16-13-23(30)33-20-14-17(7-8-18(16)20)32-25-24-19-5-3-4-6-21(19)34-26(24)28-22(27-25)15-29-9-11-31-12-10-29/h7-8,13-14H,2-6,9-12,15H2,1H3. The highest BCUT2D eigenvalue weighted by Gasteiger charge is 2.23. The van der Waals surface area contributed by atoms with Crippen LogP contribution in [0.4, 0.5) is 0 Å². The topological polar surface area (TPSA) is 77.7 Å². The summed E-state index contributed by atoms with van der Waals surface area (Å²) in [6.45, 7) is 5.93. The van der Waals surface area contributed by atoms with E-state index in [4.69, 9.17) is 23.9 Å². The first kappa shape index (κ1) is 21.7. The molecule has 0 spiro atoms. The zero-order valence-electron chi connectivity index (χ0n) is 19.3. The van der Waals surface area contributed by atoms with Crippen LogP contribution >= 0.6 is 11.3 Å². The van der Waals surface area contributed by atoms with Gasteiger partial charge in [0, 0.05) is 35.5 Å². The first-order chi connectivity index (χ1) is 16.7. The lowest BCUT2D eigenvalue weighted by atomic mass is 9.97. The van der Waals surface area contributed by atoms with Crippen LogP contribution in [0.2, 0.25) is 0 Å². The average Bonchev–Trinajstić information content (AvgIpc) is 3.22.